The molecule has 1 fully saturated rings. The summed E-state index contributed by atoms with van der Waals surface area (Å²) in [6.07, 6.45) is 14.7. The van der Waals surface area contributed by atoms with Crippen molar-refractivity contribution >= 4 is 0 Å². The van der Waals surface area contributed by atoms with E-state index < -0.39 is 0 Å². The van der Waals surface area contributed by atoms with Crippen LogP contribution in [-0.2, 0) is 13.0 Å². The van der Waals surface area contributed by atoms with Crippen LogP contribution in [0, 0.1) is 5.92 Å². The second-order valence-electron chi connectivity index (χ2n) is 5.79. The van der Waals surface area contributed by atoms with Crippen molar-refractivity contribution < 1.29 is 0 Å². The smallest absolute Gasteiger partial charge is 0.0522 e. The lowest BCUT2D eigenvalue weighted by atomic mass is 9.84. The lowest BCUT2D eigenvalue weighted by Crippen LogP contribution is -2.42. The molecule has 1 aliphatic carbocycles. The van der Waals surface area contributed by atoms with Gasteiger partial charge in [-0.05, 0) is 37.7 Å². The molecule has 1 heterocycles. The molecule has 1 aromatic rings. The standard InChI is InChI=1S/C15H28N4/c1-2-19-12-13(11-17-19)10-15(18-16)14-8-6-4-3-5-7-9-14/h11-12,14-15,18H,2-10,16H2,1H3. The number of rotatable bonds is 5. The van der Waals surface area contributed by atoms with Gasteiger partial charge in [-0.15, -0.1) is 0 Å². The Bertz CT molecular complexity index is 353. The summed E-state index contributed by atoms with van der Waals surface area (Å²) in [5.74, 6) is 6.52. The second-order valence-corrected chi connectivity index (χ2v) is 5.79. The Balaban J connectivity index is 1.93. The van der Waals surface area contributed by atoms with Gasteiger partial charge < -0.3 is 0 Å². The Labute approximate surface area is 116 Å². The van der Waals surface area contributed by atoms with E-state index in [1.165, 1.54) is 50.5 Å². The van der Waals surface area contributed by atoms with Crippen molar-refractivity contribution in [2.24, 2.45) is 11.8 Å². The van der Waals surface area contributed by atoms with Gasteiger partial charge in [0.05, 0.1) is 6.20 Å². The number of aryl methyl sites for hydroxylation is 1. The molecule has 1 atom stereocenters. The van der Waals surface area contributed by atoms with Gasteiger partial charge in [0.1, 0.15) is 0 Å². The minimum absolute atomic E-state index is 0.396. The number of aromatic nitrogens is 2. The van der Waals surface area contributed by atoms with Crippen LogP contribution in [0.1, 0.15) is 57.4 Å². The maximum Gasteiger partial charge on any atom is 0.0522 e. The van der Waals surface area contributed by atoms with Crippen molar-refractivity contribution in [1.82, 2.24) is 15.2 Å². The first-order valence-corrected chi connectivity index (χ1v) is 7.81. The summed E-state index contributed by atoms with van der Waals surface area (Å²) in [5.41, 5.74) is 4.36. The van der Waals surface area contributed by atoms with Crippen LogP contribution in [0.3, 0.4) is 0 Å². The first-order valence-electron chi connectivity index (χ1n) is 7.81. The van der Waals surface area contributed by atoms with Crippen molar-refractivity contribution in [2.75, 3.05) is 0 Å². The number of hydrazine groups is 1. The molecule has 0 bridgehead atoms. The van der Waals surface area contributed by atoms with Gasteiger partial charge in [-0.1, -0.05) is 32.1 Å². The third-order valence-corrected chi connectivity index (χ3v) is 4.40. The lowest BCUT2D eigenvalue weighted by molar-refractivity contribution is 0.285. The molecule has 108 valence electrons. The zero-order chi connectivity index (χ0) is 13.5. The summed E-state index contributed by atoms with van der Waals surface area (Å²) in [6.45, 7) is 3.05. The molecule has 4 heteroatoms. The summed E-state index contributed by atoms with van der Waals surface area (Å²) in [4.78, 5) is 0. The largest absolute Gasteiger partial charge is 0.273 e. The Hall–Kier alpha value is -0.870. The summed E-state index contributed by atoms with van der Waals surface area (Å²) < 4.78 is 1.99. The van der Waals surface area contributed by atoms with Gasteiger partial charge in [-0.3, -0.25) is 16.0 Å². The van der Waals surface area contributed by atoms with Crippen LogP contribution >= 0.6 is 0 Å². The van der Waals surface area contributed by atoms with Crippen molar-refractivity contribution in [3.05, 3.63) is 18.0 Å². The molecule has 4 nitrogen and oxygen atoms in total. The number of nitrogens with one attached hydrogen (secondary N) is 1. The maximum absolute atomic E-state index is 5.80. The predicted molar refractivity (Wildman–Crippen MR) is 78.5 cm³/mol. The zero-order valence-corrected chi connectivity index (χ0v) is 12.1. The van der Waals surface area contributed by atoms with E-state index in [4.69, 9.17) is 5.84 Å². The molecule has 0 aromatic carbocycles. The van der Waals surface area contributed by atoms with Crippen LogP contribution in [0.2, 0.25) is 0 Å². The molecular weight excluding hydrogens is 236 g/mol. The predicted octanol–water partition coefficient (Wildman–Crippen LogP) is 2.64. The van der Waals surface area contributed by atoms with Gasteiger partial charge in [0.25, 0.3) is 0 Å². The molecular formula is C15H28N4. The highest BCUT2D eigenvalue weighted by molar-refractivity contribution is 5.06. The molecule has 0 amide bonds. The molecule has 1 unspecified atom stereocenters. The fraction of sp³-hybridized carbons (Fsp3) is 0.800. The molecule has 1 aliphatic rings. The van der Waals surface area contributed by atoms with Gasteiger partial charge in [0.15, 0.2) is 0 Å². The van der Waals surface area contributed by atoms with E-state index in [-0.39, 0.29) is 0 Å². The lowest BCUT2D eigenvalue weighted by Gasteiger charge is -2.28. The molecule has 19 heavy (non-hydrogen) atoms. The van der Waals surface area contributed by atoms with Crippen LogP contribution in [0.4, 0.5) is 0 Å². The quantitative estimate of drug-likeness (QED) is 0.635. The Kier molecular flexibility index (Phi) is 5.86. The van der Waals surface area contributed by atoms with Gasteiger partial charge in [-0.2, -0.15) is 5.10 Å². The highest BCUT2D eigenvalue weighted by atomic mass is 15.3. The second kappa shape index (κ2) is 7.65. The third-order valence-electron chi connectivity index (χ3n) is 4.40. The Morgan fingerprint density at radius 1 is 1.32 bits per heavy atom. The van der Waals surface area contributed by atoms with Crippen molar-refractivity contribution in [1.29, 1.82) is 0 Å². The maximum atomic E-state index is 5.80. The van der Waals surface area contributed by atoms with E-state index in [0.717, 1.165) is 18.9 Å². The zero-order valence-electron chi connectivity index (χ0n) is 12.1. The van der Waals surface area contributed by atoms with Crippen LogP contribution < -0.4 is 11.3 Å². The van der Waals surface area contributed by atoms with Crippen LogP contribution in [0.25, 0.3) is 0 Å². The summed E-state index contributed by atoms with van der Waals surface area (Å²) in [6, 6.07) is 0.396. The molecule has 3 N–H and O–H groups in total. The summed E-state index contributed by atoms with van der Waals surface area (Å²) in [5, 5.41) is 4.35. The average molecular weight is 264 g/mol. The van der Waals surface area contributed by atoms with Gasteiger partial charge in [-0.25, -0.2) is 0 Å². The van der Waals surface area contributed by atoms with Crippen molar-refractivity contribution in [3.63, 3.8) is 0 Å². The highest BCUT2D eigenvalue weighted by Gasteiger charge is 2.21. The number of hydrogen-bond donors (Lipinski definition) is 2. The molecule has 0 spiro atoms. The van der Waals surface area contributed by atoms with E-state index in [1.807, 2.05) is 10.9 Å². The third kappa shape index (κ3) is 4.32. The first kappa shape index (κ1) is 14.5. The first-order chi connectivity index (χ1) is 9.33. The van der Waals surface area contributed by atoms with Crippen molar-refractivity contribution in [2.45, 2.75) is 70.9 Å². The SMILES string of the molecule is CCn1cc(CC(NN)C2CCCCCCC2)cn1. The molecule has 0 saturated heterocycles. The number of nitrogens with zero attached hydrogens (tertiary/aromatic N) is 2. The summed E-state index contributed by atoms with van der Waals surface area (Å²) >= 11 is 0. The normalized spacial score (nSPS) is 19.9. The van der Waals surface area contributed by atoms with E-state index in [2.05, 4.69) is 23.6 Å². The molecule has 0 radical (unpaired) electrons. The fourth-order valence-electron chi connectivity index (χ4n) is 3.19. The van der Waals surface area contributed by atoms with E-state index >= 15 is 0 Å². The molecule has 2 rings (SSSR count). The topological polar surface area (TPSA) is 55.9 Å². The van der Waals surface area contributed by atoms with Crippen LogP contribution in [0.5, 0.6) is 0 Å². The van der Waals surface area contributed by atoms with Crippen LogP contribution in [0.15, 0.2) is 12.4 Å². The molecule has 0 aliphatic heterocycles. The minimum Gasteiger partial charge on any atom is -0.273 e. The Morgan fingerprint density at radius 2 is 2.00 bits per heavy atom. The van der Waals surface area contributed by atoms with Crippen molar-refractivity contribution in [3.8, 4) is 0 Å². The number of nitrogens with two attached hydrogens (primary N) is 1. The number of hydrogen-bond acceptors (Lipinski definition) is 3. The van der Waals surface area contributed by atoms with Crippen LogP contribution in [-0.4, -0.2) is 15.8 Å². The van der Waals surface area contributed by atoms with E-state index in [0.29, 0.717) is 6.04 Å². The van der Waals surface area contributed by atoms with E-state index in [1.54, 1.807) is 0 Å². The minimum atomic E-state index is 0.396. The highest BCUT2D eigenvalue weighted by Crippen LogP contribution is 2.26. The van der Waals surface area contributed by atoms with Gasteiger partial charge in [0.2, 0.25) is 0 Å². The molecule has 1 aromatic heterocycles. The van der Waals surface area contributed by atoms with E-state index in [9.17, 15) is 0 Å². The Morgan fingerprint density at radius 3 is 2.58 bits per heavy atom. The van der Waals surface area contributed by atoms with Gasteiger partial charge in [0, 0.05) is 18.8 Å². The molecule has 1 saturated carbocycles. The monoisotopic (exact) mass is 264 g/mol. The van der Waals surface area contributed by atoms with Gasteiger partial charge >= 0.3 is 0 Å². The average Bonchev–Trinajstić information content (AvgIpc) is 2.84. The summed E-state index contributed by atoms with van der Waals surface area (Å²) in [7, 11) is 0. The fourth-order valence-corrected chi connectivity index (χ4v) is 3.19.